The number of nitrogens with two attached hydrogens (primary N) is 1. The van der Waals surface area contributed by atoms with Gasteiger partial charge in [0, 0.05) is 5.02 Å². The highest BCUT2D eigenvalue weighted by atomic mass is 35.5. The van der Waals surface area contributed by atoms with Crippen LogP contribution in [-0.2, 0) is 0 Å². The maximum Gasteiger partial charge on any atom is 0.330 e. The van der Waals surface area contributed by atoms with Crippen molar-refractivity contribution in [3.8, 4) is 17.8 Å². The molecule has 0 unspecified atom stereocenters. The van der Waals surface area contributed by atoms with Crippen LogP contribution in [0.4, 0.5) is 5.95 Å². The number of halogens is 1. The summed E-state index contributed by atoms with van der Waals surface area (Å²) >= 11 is 5.94. The average molecular weight is 282 g/mol. The van der Waals surface area contributed by atoms with E-state index in [1.807, 2.05) is 6.92 Å². The maximum absolute atomic E-state index is 5.94. The molecule has 2 rings (SSSR count). The first-order chi connectivity index (χ1) is 9.12. The molecule has 0 saturated carbocycles. The first kappa shape index (κ1) is 13.3. The van der Waals surface area contributed by atoms with Crippen molar-refractivity contribution in [2.75, 3.05) is 12.5 Å². The summed E-state index contributed by atoms with van der Waals surface area (Å²) in [5.41, 5.74) is 3.19. The summed E-state index contributed by atoms with van der Waals surface area (Å²) in [6, 6.07) is 5.38. The number of aryl methyl sites for hydroxylation is 1. The highest BCUT2D eigenvalue weighted by Crippen LogP contribution is 2.25. The fourth-order valence-corrected chi connectivity index (χ4v) is 1.44. The SMILES string of the molecule is COc1nc(NN)nc(Oc2ccc(Cl)c(C)c2)n1. The zero-order valence-electron chi connectivity index (χ0n) is 10.3. The largest absolute Gasteiger partial charge is 0.467 e. The van der Waals surface area contributed by atoms with Gasteiger partial charge < -0.3 is 9.47 Å². The minimum absolute atomic E-state index is 0.0709. The van der Waals surface area contributed by atoms with Crippen molar-refractivity contribution in [2.45, 2.75) is 6.92 Å². The minimum atomic E-state index is 0.0709. The van der Waals surface area contributed by atoms with Crippen LogP contribution in [0.1, 0.15) is 5.56 Å². The van der Waals surface area contributed by atoms with Crippen LogP contribution in [-0.4, -0.2) is 22.1 Å². The number of nitrogens with one attached hydrogen (secondary N) is 1. The Morgan fingerprint density at radius 3 is 2.58 bits per heavy atom. The molecule has 19 heavy (non-hydrogen) atoms. The smallest absolute Gasteiger partial charge is 0.330 e. The molecular formula is C11H12ClN5O2. The number of benzene rings is 1. The van der Waals surface area contributed by atoms with Crippen LogP contribution in [0.5, 0.6) is 17.8 Å². The second kappa shape index (κ2) is 5.68. The van der Waals surface area contributed by atoms with Gasteiger partial charge in [-0.15, -0.1) is 4.98 Å². The Hall–Kier alpha value is -2.12. The number of rotatable bonds is 4. The lowest BCUT2D eigenvalue weighted by Crippen LogP contribution is -2.12. The van der Waals surface area contributed by atoms with Gasteiger partial charge >= 0.3 is 12.0 Å². The molecule has 0 aliphatic heterocycles. The van der Waals surface area contributed by atoms with Crippen molar-refractivity contribution in [1.29, 1.82) is 0 Å². The summed E-state index contributed by atoms with van der Waals surface area (Å²) in [5.74, 6) is 5.95. The molecule has 100 valence electrons. The van der Waals surface area contributed by atoms with Gasteiger partial charge in [-0.2, -0.15) is 9.97 Å². The van der Waals surface area contributed by atoms with Gasteiger partial charge in [0.05, 0.1) is 7.11 Å². The molecule has 2 aromatic rings. The van der Waals surface area contributed by atoms with Crippen molar-refractivity contribution in [3.63, 3.8) is 0 Å². The van der Waals surface area contributed by atoms with Gasteiger partial charge in [0.15, 0.2) is 0 Å². The first-order valence-corrected chi connectivity index (χ1v) is 5.71. The molecule has 1 aromatic carbocycles. The quantitative estimate of drug-likeness (QED) is 0.653. The number of hydrazine groups is 1. The van der Waals surface area contributed by atoms with Gasteiger partial charge in [-0.25, -0.2) is 5.84 Å². The van der Waals surface area contributed by atoms with Gasteiger partial charge in [0.25, 0.3) is 0 Å². The van der Waals surface area contributed by atoms with E-state index in [-0.39, 0.29) is 18.0 Å². The lowest BCUT2D eigenvalue weighted by atomic mass is 10.2. The molecule has 0 aliphatic rings. The third-order valence-corrected chi connectivity index (χ3v) is 2.67. The number of methoxy groups -OCH3 is 1. The van der Waals surface area contributed by atoms with Gasteiger partial charge in [-0.05, 0) is 30.7 Å². The lowest BCUT2D eigenvalue weighted by Gasteiger charge is -2.07. The Kier molecular flexibility index (Phi) is 3.98. The van der Waals surface area contributed by atoms with Gasteiger partial charge in [-0.3, -0.25) is 5.43 Å². The number of hydrogen-bond acceptors (Lipinski definition) is 7. The lowest BCUT2D eigenvalue weighted by molar-refractivity contribution is 0.360. The Morgan fingerprint density at radius 1 is 1.21 bits per heavy atom. The highest BCUT2D eigenvalue weighted by Gasteiger charge is 2.08. The molecule has 0 amide bonds. The minimum Gasteiger partial charge on any atom is -0.467 e. The average Bonchev–Trinajstić information content (AvgIpc) is 2.42. The fraction of sp³-hybridized carbons (Fsp3) is 0.182. The Bertz CT molecular complexity index is 571. The Labute approximate surface area is 114 Å². The third kappa shape index (κ3) is 3.21. The second-order valence-electron chi connectivity index (χ2n) is 3.59. The normalized spacial score (nSPS) is 10.1. The molecule has 8 heteroatoms. The van der Waals surface area contributed by atoms with E-state index in [2.05, 4.69) is 20.4 Å². The van der Waals surface area contributed by atoms with Crippen LogP contribution in [0.25, 0.3) is 0 Å². The van der Waals surface area contributed by atoms with E-state index < -0.39 is 0 Å². The number of aromatic nitrogens is 3. The monoisotopic (exact) mass is 281 g/mol. The molecule has 0 spiro atoms. The Balaban J connectivity index is 2.29. The summed E-state index contributed by atoms with van der Waals surface area (Å²) in [5, 5.41) is 0.657. The molecule has 7 nitrogen and oxygen atoms in total. The van der Waals surface area contributed by atoms with Crippen LogP contribution in [0.2, 0.25) is 5.02 Å². The van der Waals surface area contributed by atoms with E-state index >= 15 is 0 Å². The molecule has 3 N–H and O–H groups in total. The van der Waals surface area contributed by atoms with Crippen LogP contribution in [0, 0.1) is 6.92 Å². The molecule has 0 aliphatic carbocycles. The van der Waals surface area contributed by atoms with Gasteiger partial charge in [0.2, 0.25) is 5.95 Å². The molecule has 1 aromatic heterocycles. The van der Waals surface area contributed by atoms with Crippen molar-refractivity contribution in [2.24, 2.45) is 5.84 Å². The summed E-state index contributed by atoms with van der Waals surface area (Å²) in [6.07, 6.45) is 0. The second-order valence-corrected chi connectivity index (χ2v) is 3.99. The van der Waals surface area contributed by atoms with Crippen LogP contribution >= 0.6 is 11.6 Å². The maximum atomic E-state index is 5.94. The van der Waals surface area contributed by atoms with E-state index in [1.165, 1.54) is 7.11 Å². The zero-order chi connectivity index (χ0) is 13.8. The van der Waals surface area contributed by atoms with Crippen LogP contribution in [0.15, 0.2) is 18.2 Å². The summed E-state index contributed by atoms with van der Waals surface area (Å²) in [6.45, 7) is 1.87. The molecule has 0 bridgehead atoms. The van der Waals surface area contributed by atoms with Crippen molar-refractivity contribution in [3.05, 3.63) is 28.8 Å². The molecule has 0 radical (unpaired) electrons. The van der Waals surface area contributed by atoms with Crippen molar-refractivity contribution < 1.29 is 9.47 Å². The number of hydrogen-bond donors (Lipinski definition) is 2. The van der Waals surface area contributed by atoms with Crippen LogP contribution < -0.4 is 20.7 Å². The van der Waals surface area contributed by atoms with E-state index in [9.17, 15) is 0 Å². The summed E-state index contributed by atoms with van der Waals surface area (Å²) in [7, 11) is 1.44. The topological polar surface area (TPSA) is 95.2 Å². The fourth-order valence-electron chi connectivity index (χ4n) is 1.33. The standard InChI is InChI=1S/C11H12ClN5O2/c1-6-5-7(3-4-8(6)12)19-11-15-9(17-13)14-10(16-11)18-2/h3-5H,13H2,1-2H3,(H,14,15,16,17). The molecule has 0 saturated heterocycles. The van der Waals surface area contributed by atoms with E-state index in [1.54, 1.807) is 18.2 Å². The van der Waals surface area contributed by atoms with E-state index in [0.29, 0.717) is 10.8 Å². The van der Waals surface area contributed by atoms with Gasteiger partial charge in [-0.1, -0.05) is 11.6 Å². The van der Waals surface area contributed by atoms with Crippen LogP contribution in [0.3, 0.4) is 0 Å². The van der Waals surface area contributed by atoms with Gasteiger partial charge in [0.1, 0.15) is 5.75 Å². The molecule has 0 atom stereocenters. The summed E-state index contributed by atoms with van der Waals surface area (Å²) < 4.78 is 10.4. The van der Waals surface area contributed by atoms with Crippen molar-refractivity contribution >= 4 is 17.5 Å². The molecule has 0 fully saturated rings. The highest BCUT2D eigenvalue weighted by molar-refractivity contribution is 6.31. The third-order valence-electron chi connectivity index (χ3n) is 2.24. The molecular weight excluding hydrogens is 270 g/mol. The molecule has 1 heterocycles. The Morgan fingerprint density at radius 2 is 1.95 bits per heavy atom. The van der Waals surface area contributed by atoms with E-state index in [0.717, 1.165) is 5.56 Å². The summed E-state index contributed by atoms with van der Waals surface area (Å²) in [4.78, 5) is 11.8. The predicted molar refractivity (Wildman–Crippen MR) is 70.5 cm³/mol. The zero-order valence-corrected chi connectivity index (χ0v) is 11.1. The first-order valence-electron chi connectivity index (χ1n) is 5.33. The number of nitrogen functional groups attached to an aromatic ring is 1. The van der Waals surface area contributed by atoms with E-state index in [4.69, 9.17) is 26.9 Å². The number of nitrogens with zero attached hydrogens (tertiary/aromatic N) is 3. The number of anilines is 1. The van der Waals surface area contributed by atoms with Crippen molar-refractivity contribution in [1.82, 2.24) is 15.0 Å². The number of ether oxygens (including phenoxy) is 2. The predicted octanol–water partition coefficient (Wildman–Crippen LogP) is 1.92.